The normalized spacial score (nSPS) is 41.8. The average Bonchev–Trinajstić information content (AvgIpc) is 2.22. The van der Waals surface area contributed by atoms with Crippen LogP contribution in [0.4, 0.5) is 0 Å². The van der Waals surface area contributed by atoms with Crippen LogP contribution in [-0.4, -0.2) is 59.2 Å². The molecule has 1 fully saturated rings. The van der Waals surface area contributed by atoms with Gasteiger partial charge in [-0.15, -0.1) is 0 Å². The molecule has 1 aliphatic heterocycles. The fourth-order valence-corrected chi connectivity index (χ4v) is 1.45. The summed E-state index contributed by atoms with van der Waals surface area (Å²) >= 11 is 0. The van der Waals surface area contributed by atoms with Crippen molar-refractivity contribution in [2.24, 2.45) is 5.90 Å². The Morgan fingerprint density at radius 1 is 1.20 bits per heavy atom. The molecule has 0 aromatic carbocycles. The van der Waals surface area contributed by atoms with Gasteiger partial charge in [-0.3, -0.25) is 0 Å². The van der Waals surface area contributed by atoms with Gasteiger partial charge >= 0.3 is 0 Å². The lowest BCUT2D eigenvalue weighted by atomic mass is 9.99. The molecule has 15 heavy (non-hydrogen) atoms. The van der Waals surface area contributed by atoms with E-state index in [9.17, 15) is 15.3 Å². The van der Waals surface area contributed by atoms with Gasteiger partial charge in [-0.1, -0.05) is 0 Å². The Morgan fingerprint density at radius 3 is 2.40 bits per heavy atom. The second-order valence-electron chi connectivity index (χ2n) is 3.30. The van der Waals surface area contributed by atoms with Crippen molar-refractivity contribution in [3.63, 3.8) is 0 Å². The first-order valence-electron chi connectivity index (χ1n) is 4.74. The van der Waals surface area contributed by atoms with Gasteiger partial charge in [-0.2, -0.15) is 0 Å². The van der Waals surface area contributed by atoms with Crippen molar-refractivity contribution < 1.29 is 29.6 Å². The zero-order valence-electron chi connectivity index (χ0n) is 8.44. The summed E-state index contributed by atoms with van der Waals surface area (Å²) in [7, 11) is 0. The largest absolute Gasteiger partial charge is 0.387 e. The molecule has 1 aliphatic rings. The van der Waals surface area contributed by atoms with Crippen molar-refractivity contribution in [3.8, 4) is 0 Å². The monoisotopic (exact) mass is 223 g/mol. The van der Waals surface area contributed by atoms with Crippen molar-refractivity contribution in [2.75, 3.05) is 13.2 Å². The highest BCUT2D eigenvalue weighted by Crippen LogP contribution is 2.21. The summed E-state index contributed by atoms with van der Waals surface area (Å²) < 4.78 is 10.2. The fourth-order valence-electron chi connectivity index (χ4n) is 1.45. The van der Waals surface area contributed by atoms with E-state index in [0.29, 0.717) is 6.61 Å². The van der Waals surface area contributed by atoms with Gasteiger partial charge in [0.05, 0.1) is 6.61 Å². The summed E-state index contributed by atoms with van der Waals surface area (Å²) in [6.45, 7) is 1.96. The number of aliphatic hydroxyl groups is 3. The van der Waals surface area contributed by atoms with E-state index in [4.69, 9.17) is 15.4 Å². The van der Waals surface area contributed by atoms with Crippen molar-refractivity contribution in [3.05, 3.63) is 0 Å². The first kappa shape index (κ1) is 12.8. The molecule has 0 aromatic rings. The minimum atomic E-state index is -1.34. The average molecular weight is 223 g/mol. The Kier molecular flexibility index (Phi) is 4.87. The predicted molar refractivity (Wildman–Crippen MR) is 48.4 cm³/mol. The van der Waals surface area contributed by atoms with Crippen LogP contribution < -0.4 is 5.90 Å². The molecule has 7 heteroatoms. The lowest BCUT2D eigenvalue weighted by Crippen LogP contribution is -2.59. The second kappa shape index (κ2) is 5.71. The van der Waals surface area contributed by atoms with Gasteiger partial charge in [-0.25, -0.2) is 5.90 Å². The molecule has 0 radical (unpaired) electrons. The maximum absolute atomic E-state index is 9.50. The zero-order chi connectivity index (χ0) is 11.4. The highest BCUT2D eigenvalue weighted by Gasteiger charge is 2.44. The maximum Gasteiger partial charge on any atom is 0.186 e. The molecule has 0 amide bonds. The highest BCUT2D eigenvalue weighted by molar-refractivity contribution is 4.88. The Balaban J connectivity index is 2.62. The zero-order valence-corrected chi connectivity index (χ0v) is 8.44. The molecule has 90 valence electrons. The van der Waals surface area contributed by atoms with E-state index in [2.05, 4.69) is 4.84 Å². The van der Waals surface area contributed by atoms with Gasteiger partial charge in [0.15, 0.2) is 6.29 Å². The van der Waals surface area contributed by atoms with E-state index >= 15 is 0 Å². The summed E-state index contributed by atoms with van der Waals surface area (Å²) in [5, 5.41) is 28.5. The number of nitrogens with two attached hydrogens (primary N) is 1. The summed E-state index contributed by atoms with van der Waals surface area (Å²) in [5.74, 6) is 4.85. The maximum atomic E-state index is 9.50. The third-order valence-electron chi connectivity index (χ3n) is 2.26. The minimum absolute atomic E-state index is 0.0888. The van der Waals surface area contributed by atoms with Crippen LogP contribution in [0.5, 0.6) is 0 Å². The van der Waals surface area contributed by atoms with Crippen LogP contribution >= 0.6 is 0 Å². The third-order valence-corrected chi connectivity index (χ3v) is 2.26. The van der Waals surface area contributed by atoms with Crippen molar-refractivity contribution in [1.82, 2.24) is 0 Å². The first-order chi connectivity index (χ1) is 7.11. The van der Waals surface area contributed by atoms with Gasteiger partial charge < -0.3 is 29.6 Å². The van der Waals surface area contributed by atoms with E-state index in [1.54, 1.807) is 6.92 Å². The fraction of sp³-hybridized carbons (Fsp3) is 1.00. The van der Waals surface area contributed by atoms with Crippen LogP contribution in [0, 0.1) is 0 Å². The third kappa shape index (κ3) is 2.85. The molecule has 5 N–H and O–H groups in total. The summed E-state index contributed by atoms with van der Waals surface area (Å²) in [5.41, 5.74) is 0. The highest BCUT2D eigenvalue weighted by atomic mass is 16.7. The van der Waals surface area contributed by atoms with Gasteiger partial charge in [-0.05, 0) is 6.92 Å². The van der Waals surface area contributed by atoms with E-state index in [-0.39, 0.29) is 6.61 Å². The topological polar surface area (TPSA) is 114 Å². The standard InChI is InChI=1S/C8H17NO6/c1-2-13-8-7(12)6(11)5(10)4(15-8)3-14-9/h4-8,10-12H,2-3,9H2,1H3/t4-,5-,6+,7-,8-/m1/s1. The smallest absolute Gasteiger partial charge is 0.186 e. The quantitative estimate of drug-likeness (QED) is 0.397. The summed E-state index contributed by atoms with van der Waals surface area (Å²) in [6, 6.07) is 0. The molecule has 1 saturated heterocycles. The Hall–Kier alpha value is -0.280. The van der Waals surface area contributed by atoms with Gasteiger partial charge in [0.25, 0.3) is 0 Å². The van der Waals surface area contributed by atoms with E-state index in [0.717, 1.165) is 0 Å². The number of hydrogen-bond donors (Lipinski definition) is 4. The Morgan fingerprint density at radius 2 is 1.87 bits per heavy atom. The molecule has 0 unspecified atom stereocenters. The molecule has 0 bridgehead atoms. The molecule has 5 atom stereocenters. The lowest BCUT2D eigenvalue weighted by Gasteiger charge is -2.39. The Bertz CT molecular complexity index is 174. The van der Waals surface area contributed by atoms with E-state index < -0.39 is 30.7 Å². The van der Waals surface area contributed by atoms with E-state index in [1.165, 1.54) is 0 Å². The number of rotatable bonds is 4. The van der Waals surface area contributed by atoms with Gasteiger partial charge in [0.1, 0.15) is 24.4 Å². The van der Waals surface area contributed by atoms with Crippen LogP contribution in [0.15, 0.2) is 0 Å². The number of hydrogen-bond acceptors (Lipinski definition) is 7. The van der Waals surface area contributed by atoms with Crippen LogP contribution in [-0.2, 0) is 14.3 Å². The van der Waals surface area contributed by atoms with Crippen molar-refractivity contribution in [2.45, 2.75) is 37.6 Å². The van der Waals surface area contributed by atoms with E-state index in [1.807, 2.05) is 0 Å². The van der Waals surface area contributed by atoms with Gasteiger partial charge in [0, 0.05) is 6.61 Å². The molecule has 0 saturated carbocycles. The lowest BCUT2D eigenvalue weighted by molar-refractivity contribution is -0.302. The molecule has 0 spiro atoms. The van der Waals surface area contributed by atoms with Crippen molar-refractivity contribution >= 4 is 0 Å². The Labute approximate surface area is 87.3 Å². The van der Waals surface area contributed by atoms with Gasteiger partial charge in [0.2, 0.25) is 0 Å². The summed E-state index contributed by atoms with van der Waals surface area (Å²) in [6.07, 6.45) is -5.66. The molecule has 0 aliphatic carbocycles. The van der Waals surface area contributed by atoms with Crippen LogP contribution in [0.25, 0.3) is 0 Å². The molecule has 1 heterocycles. The SMILES string of the molecule is CCO[C@@H]1O[C@H](CON)[C@@H](O)[C@H](O)[C@H]1O. The van der Waals surface area contributed by atoms with Crippen LogP contribution in [0.1, 0.15) is 6.92 Å². The first-order valence-corrected chi connectivity index (χ1v) is 4.74. The number of aliphatic hydroxyl groups excluding tert-OH is 3. The second-order valence-corrected chi connectivity index (χ2v) is 3.30. The molecular weight excluding hydrogens is 206 g/mol. The summed E-state index contributed by atoms with van der Waals surface area (Å²) in [4.78, 5) is 4.33. The molecule has 7 nitrogen and oxygen atoms in total. The molecule has 1 rings (SSSR count). The van der Waals surface area contributed by atoms with Crippen molar-refractivity contribution in [1.29, 1.82) is 0 Å². The minimum Gasteiger partial charge on any atom is -0.387 e. The number of ether oxygens (including phenoxy) is 2. The molecule has 0 aromatic heterocycles. The molecular formula is C8H17NO6. The van der Waals surface area contributed by atoms with Crippen LogP contribution in [0.2, 0.25) is 0 Å². The predicted octanol–water partition coefficient (Wildman–Crippen LogP) is -2.28. The van der Waals surface area contributed by atoms with Crippen LogP contribution in [0.3, 0.4) is 0 Å².